The fourth-order valence-electron chi connectivity index (χ4n) is 2.47. The molecule has 0 aromatic heterocycles. The van der Waals surface area contributed by atoms with Crippen LogP contribution in [0.3, 0.4) is 0 Å². The van der Waals surface area contributed by atoms with E-state index in [-0.39, 0.29) is 17.9 Å². The smallest absolute Gasteiger partial charge is 0.258 e. The van der Waals surface area contributed by atoms with Crippen LogP contribution in [0.15, 0.2) is 53.0 Å². The van der Waals surface area contributed by atoms with Crippen LogP contribution in [0.5, 0.6) is 0 Å². The van der Waals surface area contributed by atoms with Crippen LogP contribution in [0, 0.1) is 0 Å². The van der Waals surface area contributed by atoms with Gasteiger partial charge in [-0.3, -0.25) is 9.59 Å². The summed E-state index contributed by atoms with van der Waals surface area (Å²) >= 11 is 3.39. The Morgan fingerprint density at radius 2 is 1.65 bits per heavy atom. The van der Waals surface area contributed by atoms with Gasteiger partial charge in [0, 0.05) is 34.4 Å². The van der Waals surface area contributed by atoms with E-state index >= 15 is 0 Å². The Morgan fingerprint density at radius 1 is 1.04 bits per heavy atom. The Bertz CT molecular complexity index is 722. The molecule has 0 heterocycles. The van der Waals surface area contributed by atoms with Crippen molar-refractivity contribution in [2.75, 3.05) is 10.2 Å². The molecule has 0 spiro atoms. The van der Waals surface area contributed by atoms with Crippen LogP contribution in [-0.2, 0) is 4.79 Å². The minimum absolute atomic E-state index is 0.00674. The summed E-state index contributed by atoms with van der Waals surface area (Å²) in [5, 5.41) is 2.74. The molecule has 0 saturated heterocycles. The molecular weight excluding hydrogens is 356 g/mol. The van der Waals surface area contributed by atoms with Gasteiger partial charge in [0.25, 0.3) is 5.91 Å². The molecule has 3 rings (SSSR count). The second-order valence-corrected chi connectivity index (χ2v) is 6.56. The van der Waals surface area contributed by atoms with E-state index in [1.807, 2.05) is 53.4 Å². The minimum atomic E-state index is -0.109. The number of anilines is 2. The monoisotopic (exact) mass is 372 g/mol. The molecule has 5 heteroatoms. The molecule has 1 aliphatic carbocycles. The molecule has 2 amide bonds. The summed E-state index contributed by atoms with van der Waals surface area (Å²) in [5.41, 5.74) is 2.26. The summed E-state index contributed by atoms with van der Waals surface area (Å²) in [6.07, 6.45) is 2.05. The van der Waals surface area contributed by atoms with Gasteiger partial charge in [-0.15, -0.1) is 0 Å². The average Bonchev–Trinajstić information content (AvgIpc) is 3.34. The molecule has 2 aromatic carbocycles. The molecule has 0 atom stereocenters. The van der Waals surface area contributed by atoms with Crippen molar-refractivity contribution in [2.45, 2.75) is 25.8 Å². The number of hydrogen-bond acceptors (Lipinski definition) is 2. The molecule has 23 heavy (non-hydrogen) atoms. The van der Waals surface area contributed by atoms with E-state index in [0.29, 0.717) is 5.56 Å². The van der Waals surface area contributed by atoms with E-state index in [9.17, 15) is 9.59 Å². The van der Waals surface area contributed by atoms with Gasteiger partial charge in [-0.25, -0.2) is 0 Å². The average molecular weight is 373 g/mol. The van der Waals surface area contributed by atoms with Gasteiger partial charge in [0.15, 0.2) is 0 Å². The van der Waals surface area contributed by atoms with E-state index in [1.54, 1.807) is 0 Å². The number of amides is 2. The number of nitrogens with zero attached hydrogens (tertiary/aromatic N) is 1. The summed E-state index contributed by atoms with van der Waals surface area (Å²) in [6, 6.07) is 15.1. The first-order valence-electron chi connectivity index (χ1n) is 7.51. The Labute approximate surface area is 143 Å². The third-order valence-electron chi connectivity index (χ3n) is 3.69. The molecule has 0 aliphatic heterocycles. The summed E-state index contributed by atoms with van der Waals surface area (Å²) < 4.78 is 0.951. The van der Waals surface area contributed by atoms with Crippen molar-refractivity contribution < 1.29 is 9.59 Å². The first-order valence-corrected chi connectivity index (χ1v) is 8.30. The van der Waals surface area contributed by atoms with Gasteiger partial charge in [0.1, 0.15) is 0 Å². The number of carbonyl (C=O) groups is 2. The van der Waals surface area contributed by atoms with E-state index in [4.69, 9.17) is 0 Å². The highest BCUT2D eigenvalue weighted by Crippen LogP contribution is 2.33. The van der Waals surface area contributed by atoms with Crippen molar-refractivity contribution in [3.05, 3.63) is 58.6 Å². The maximum absolute atomic E-state index is 12.8. The molecule has 1 N–H and O–H groups in total. The van der Waals surface area contributed by atoms with Crippen molar-refractivity contribution in [2.24, 2.45) is 0 Å². The molecule has 118 valence electrons. The maximum atomic E-state index is 12.8. The van der Waals surface area contributed by atoms with Crippen molar-refractivity contribution in [3.8, 4) is 0 Å². The van der Waals surface area contributed by atoms with Crippen LogP contribution >= 0.6 is 15.9 Å². The Kier molecular flexibility index (Phi) is 4.48. The number of benzene rings is 2. The van der Waals surface area contributed by atoms with Gasteiger partial charge in [-0.2, -0.15) is 0 Å². The Morgan fingerprint density at radius 3 is 2.17 bits per heavy atom. The molecule has 2 aromatic rings. The predicted molar refractivity (Wildman–Crippen MR) is 94.7 cm³/mol. The zero-order valence-corrected chi connectivity index (χ0v) is 14.3. The van der Waals surface area contributed by atoms with Crippen LogP contribution in [0.1, 0.15) is 30.1 Å². The van der Waals surface area contributed by atoms with Crippen molar-refractivity contribution in [1.82, 2.24) is 0 Å². The zero-order chi connectivity index (χ0) is 16.4. The first kappa shape index (κ1) is 15.7. The standard InChI is InChI=1S/C18H17BrN2O2/c1-12(22)20-15-6-8-16(9-7-15)21(17-10-11-17)18(23)13-2-4-14(19)5-3-13/h2-9,17H,10-11H2,1H3,(H,20,22). The molecule has 0 bridgehead atoms. The van der Waals surface area contributed by atoms with Gasteiger partial charge in [-0.05, 0) is 61.4 Å². The summed E-state index contributed by atoms with van der Waals surface area (Å²) in [7, 11) is 0. The van der Waals surface area contributed by atoms with Crippen LogP contribution < -0.4 is 10.2 Å². The highest BCUT2D eigenvalue weighted by Gasteiger charge is 2.34. The SMILES string of the molecule is CC(=O)Nc1ccc(N(C(=O)c2ccc(Br)cc2)C2CC2)cc1. The van der Waals surface area contributed by atoms with Crippen LogP contribution in [0.2, 0.25) is 0 Å². The lowest BCUT2D eigenvalue weighted by Gasteiger charge is -2.23. The largest absolute Gasteiger partial charge is 0.326 e. The maximum Gasteiger partial charge on any atom is 0.258 e. The topological polar surface area (TPSA) is 49.4 Å². The van der Waals surface area contributed by atoms with Gasteiger partial charge in [-0.1, -0.05) is 15.9 Å². The van der Waals surface area contributed by atoms with Gasteiger partial charge < -0.3 is 10.2 Å². The fraction of sp³-hybridized carbons (Fsp3) is 0.222. The predicted octanol–water partition coefficient (Wildman–Crippen LogP) is 4.22. The number of hydrogen-bond donors (Lipinski definition) is 1. The van der Waals surface area contributed by atoms with Crippen LogP contribution in [-0.4, -0.2) is 17.9 Å². The molecule has 0 radical (unpaired) electrons. The Hall–Kier alpha value is -2.14. The number of halogens is 1. The fourth-order valence-corrected chi connectivity index (χ4v) is 2.73. The van der Waals surface area contributed by atoms with Gasteiger partial charge in [0.2, 0.25) is 5.91 Å². The van der Waals surface area contributed by atoms with Gasteiger partial charge in [0.05, 0.1) is 0 Å². The van der Waals surface area contributed by atoms with E-state index < -0.39 is 0 Å². The lowest BCUT2D eigenvalue weighted by atomic mass is 10.1. The highest BCUT2D eigenvalue weighted by molar-refractivity contribution is 9.10. The summed E-state index contributed by atoms with van der Waals surface area (Å²) in [5.74, 6) is -0.102. The normalized spacial score (nSPS) is 13.5. The van der Waals surface area contributed by atoms with E-state index in [1.165, 1.54) is 6.92 Å². The lowest BCUT2D eigenvalue weighted by molar-refractivity contribution is -0.114. The van der Waals surface area contributed by atoms with Crippen molar-refractivity contribution in [3.63, 3.8) is 0 Å². The summed E-state index contributed by atoms with van der Waals surface area (Å²) in [4.78, 5) is 25.8. The molecule has 1 fully saturated rings. The van der Waals surface area contributed by atoms with Crippen LogP contribution in [0.25, 0.3) is 0 Å². The van der Waals surface area contributed by atoms with Crippen molar-refractivity contribution in [1.29, 1.82) is 0 Å². The Balaban J connectivity index is 1.85. The number of carbonyl (C=O) groups excluding carboxylic acids is 2. The molecular formula is C18H17BrN2O2. The third kappa shape index (κ3) is 3.79. The van der Waals surface area contributed by atoms with Gasteiger partial charge >= 0.3 is 0 Å². The summed E-state index contributed by atoms with van der Waals surface area (Å²) in [6.45, 7) is 1.47. The second kappa shape index (κ2) is 6.54. The van der Waals surface area contributed by atoms with E-state index in [2.05, 4.69) is 21.2 Å². The van der Waals surface area contributed by atoms with Crippen LogP contribution in [0.4, 0.5) is 11.4 Å². The zero-order valence-electron chi connectivity index (χ0n) is 12.8. The molecule has 4 nitrogen and oxygen atoms in total. The number of rotatable bonds is 4. The molecule has 1 saturated carbocycles. The van der Waals surface area contributed by atoms with Crippen molar-refractivity contribution >= 4 is 39.1 Å². The van der Waals surface area contributed by atoms with E-state index in [0.717, 1.165) is 28.7 Å². The highest BCUT2D eigenvalue weighted by atomic mass is 79.9. The lowest BCUT2D eigenvalue weighted by Crippen LogP contribution is -2.33. The minimum Gasteiger partial charge on any atom is -0.326 e. The first-order chi connectivity index (χ1) is 11.0. The number of nitrogens with one attached hydrogen (secondary N) is 1. The molecule has 1 aliphatic rings. The third-order valence-corrected chi connectivity index (χ3v) is 4.22. The second-order valence-electron chi connectivity index (χ2n) is 5.64. The quantitative estimate of drug-likeness (QED) is 0.873. The molecule has 0 unspecified atom stereocenters.